The predicted molar refractivity (Wildman–Crippen MR) is 108 cm³/mol. The van der Waals surface area contributed by atoms with E-state index in [2.05, 4.69) is 20.3 Å². The van der Waals surface area contributed by atoms with Crippen molar-refractivity contribution in [3.63, 3.8) is 0 Å². The first-order chi connectivity index (χ1) is 13.0. The Kier molecular flexibility index (Phi) is 11.7. The summed E-state index contributed by atoms with van der Waals surface area (Å²) in [6, 6.07) is 6.76. The van der Waals surface area contributed by atoms with Crippen LogP contribution in [0.25, 0.3) is 0 Å². The number of benzene rings is 1. The average Bonchev–Trinajstić information content (AvgIpc) is 2.64. The highest BCUT2D eigenvalue weighted by molar-refractivity contribution is 7.89. The lowest BCUT2D eigenvalue weighted by atomic mass is 10.2. The Bertz CT molecular complexity index is 648. The molecular formula is C18H32N4O4S. The molecule has 1 aromatic rings. The number of nitrogens with one attached hydrogen (secondary N) is 3. The fourth-order valence-corrected chi connectivity index (χ4v) is 3.14. The third-order valence-electron chi connectivity index (χ3n) is 3.53. The van der Waals surface area contributed by atoms with Gasteiger partial charge in [0.2, 0.25) is 10.0 Å². The lowest BCUT2D eigenvalue weighted by Crippen LogP contribution is -2.41. The topological polar surface area (TPSA) is 101 Å². The van der Waals surface area contributed by atoms with Gasteiger partial charge in [0.1, 0.15) is 0 Å². The number of hydrogen-bond donors (Lipinski definition) is 3. The van der Waals surface area contributed by atoms with Crippen LogP contribution in [0.15, 0.2) is 34.2 Å². The minimum Gasteiger partial charge on any atom is -0.382 e. The number of ether oxygens (including phenoxy) is 2. The minimum absolute atomic E-state index is 0.265. The largest absolute Gasteiger partial charge is 0.382 e. The summed E-state index contributed by atoms with van der Waals surface area (Å²) in [5.74, 6) is 0.656. The maximum absolute atomic E-state index is 12.2. The Morgan fingerprint density at radius 1 is 1.07 bits per heavy atom. The van der Waals surface area contributed by atoms with Gasteiger partial charge in [0, 0.05) is 39.9 Å². The minimum atomic E-state index is -3.50. The second-order valence-corrected chi connectivity index (χ2v) is 7.62. The van der Waals surface area contributed by atoms with Gasteiger partial charge >= 0.3 is 0 Å². The summed E-state index contributed by atoms with van der Waals surface area (Å²) in [5.41, 5.74) is 1.02. The van der Waals surface area contributed by atoms with Gasteiger partial charge in [-0.05, 0) is 32.4 Å². The Labute approximate surface area is 162 Å². The number of rotatable bonds is 13. The van der Waals surface area contributed by atoms with Crippen LogP contribution in [0.5, 0.6) is 0 Å². The van der Waals surface area contributed by atoms with Gasteiger partial charge in [-0.25, -0.2) is 13.1 Å². The van der Waals surface area contributed by atoms with Gasteiger partial charge in [-0.2, -0.15) is 0 Å². The van der Waals surface area contributed by atoms with Gasteiger partial charge in [-0.15, -0.1) is 0 Å². The van der Waals surface area contributed by atoms with E-state index in [1.807, 2.05) is 13.8 Å². The van der Waals surface area contributed by atoms with Gasteiger partial charge in [-0.1, -0.05) is 17.7 Å². The highest BCUT2D eigenvalue weighted by Crippen LogP contribution is 2.09. The van der Waals surface area contributed by atoms with Crippen molar-refractivity contribution in [1.82, 2.24) is 15.4 Å². The number of aryl methyl sites for hydroxylation is 1. The van der Waals surface area contributed by atoms with E-state index in [-0.39, 0.29) is 11.4 Å². The smallest absolute Gasteiger partial charge is 0.240 e. The molecule has 0 saturated carbocycles. The van der Waals surface area contributed by atoms with Crippen molar-refractivity contribution in [2.75, 3.05) is 53.1 Å². The van der Waals surface area contributed by atoms with Gasteiger partial charge in [0.15, 0.2) is 5.96 Å². The molecule has 0 saturated heterocycles. The van der Waals surface area contributed by atoms with Crippen LogP contribution in [0, 0.1) is 6.92 Å². The molecule has 154 valence electrons. The highest BCUT2D eigenvalue weighted by atomic mass is 32.2. The molecule has 27 heavy (non-hydrogen) atoms. The molecule has 0 aliphatic rings. The van der Waals surface area contributed by atoms with Crippen LogP contribution in [-0.4, -0.2) is 67.5 Å². The summed E-state index contributed by atoms with van der Waals surface area (Å²) in [7, 11) is -1.85. The summed E-state index contributed by atoms with van der Waals surface area (Å²) in [6.07, 6.45) is 0.806. The van der Waals surface area contributed by atoms with Gasteiger partial charge < -0.3 is 20.1 Å². The molecule has 3 N–H and O–H groups in total. The summed E-state index contributed by atoms with van der Waals surface area (Å²) in [5, 5.41) is 6.25. The van der Waals surface area contributed by atoms with Crippen molar-refractivity contribution in [2.45, 2.75) is 25.2 Å². The second kappa shape index (κ2) is 13.5. The normalized spacial score (nSPS) is 12.2. The van der Waals surface area contributed by atoms with Crippen LogP contribution in [0.1, 0.15) is 18.9 Å². The molecule has 0 spiro atoms. The van der Waals surface area contributed by atoms with E-state index < -0.39 is 10.0 Å². The molecule has 0 fully saturated rings. The van der Waals surface area contributed by atoms with Crippen LogP contribution in [-0.2, 0) is 19.5 Å². The van der Waals surface area contributed by atoms with Crippen molar-refractivity contribution in [3.05, 3.63) is 29.8 Å². The lowest BCUT2D eigenvalue weighted by molar-refractivity contribution is 0.0702. The van der Waals surface area contributed by atoms with Crippen LogP contribution in [0.3, 0.4) is 0 Å². The second-order valence-electron chi connectivity index (χ2n) is 5.86. The van der Waals surface area contributed by atoms with E-state index in [0.717, 1.165) is 18.5 Å². The molecule has 0 aliphatic carbocycles. The molecule has 0 heterocycles. The molecule has 0 radical (unpaired) electrons. The van der Waals surface area contributed by atoms with E-state index in [9.17, 15) is 8.42 Å². The SMILES string of the molecule is CCNC(=NCCCOCCOC)NCCNS(=O)(=O)c1ccc(C)cc1. The molecular weight excluding hydrogens is 368 g/mol. The zero-order valence-corrected chi connectivity index (χ0v) is 17.3. The van der Waals surface area contributed by atoms with Crippen molar-refractivity contribution >= 4 is 16.0 Å². The molecule has 0 atom stereocenters. The van der Waals surface area contributed by atoms with E-state index in [0.29, 0.717) is 38.9 Å². The van der Waals surface area contributed by atoms with Crippen LogP contribution in [0.2, 0.25) is 0 Å². The number of aliphatic imine (C=N–C) groups is 1. The number of guanidine groups is 1. The molecule has 1 aromatic carbocycles. The predicted octanol–water partition coefficient (Wildman–Crippen LogP) is 0.882. The summed E-state index contributed by atoms with van der Waals surface area (Å²) in [6.45, 7) is 7.74. The quantitative estimate of drug-likeness (QED) is 0.258. The molecule has 0 bridgehead atoms. The third-order valence-corrected chi connectivity index (χ3v) is 5.01. The molecule has 8 nitrogen and oxygen atoms in total. The summed E-state index contributed by atoms with van der Waals surface area (Å²) in [4.78, 5) is 4.70. The highest BCUT2D eigenvalue weighted by Gasteiger charge is 2.12. The van der Waals surface area contributed by atoms with Crippen molar-refractivity contribution < 1.29 is 17.9 Å². The zero-order chi connectivity index (χ0) is 20.0. The molecule has 0 aliphatic heterocycles. The first-order valence-electron chi connectivity index (χ1n) is 9.14. The molecule has 0 unspecified atom stereocenters. The third kappa shape index (κ3) is 10.3. The van der Waals surface area contributed by atoms with Crippen molar-refractivity contribution in [2.24, 2.45) is 4.99 Å². The van der Waals surface area contributed by atoms with Gasteiger partial charge in [0.05, 0.1) is 18.1 Å². The fourth-order valence-electron chi connectivity index (χ4n) is 2.11. The summed E-state index contributed by atoms with van der Waals surface area (Å²) < 4.78 is 37.3. The van der Waals surface area contributed by atoms with Crippen molar-refractivity contribution in [3.8, 4) is 0 Å². The Morgan fingerprint density at radius 3 is 2.48 bits per heavy atom. The Hall–Kier alpha value is -1.68. The first-order valence-corrected chi connectivity index (χ1v) is 10.6. The van der Waals surface area contributed by atoms with Crippen LogP contribution >= 0.6 is 0 Å². The number of nitrogens with zero attached hydrogens (tertiary/aromatic N) is 1. The Morgan fingerprint density at radius 2 is 1.81 bits per heavy atom. The van der Waals surface area contributed by atoms with Crippen molar-refractivity contribution in [1.29, 1.82) is 0 Å². The maximum atomic E-state index is 12.2. The molecule has 1 rings (SSSR count). The Balaban J connectivity index is 2.33. The number of methoxy groups -OCH3 is 1. The first kappa shape index (κ1) is 23.4. The van der Waals surface area contributed by atoms with Crippen LogP contribution < -0.4 is 15.4 Å². The summed E-state index contributed by atoms with van der Waals surface area (Å²) >= 11 is 0. The number of sulfonamides is 1. The zero-order valence-electron chi connectivity index (χ0n) is 16.5. The maximum Gasteiger partial charge on any atom is 0.240 e. The molecule has 9 heteroatoms. The lowest BCUT2D eigenvalue weighted by Gasteiger charge is -2.12. The molecule has 0 aromatic heterocycles. The van der Waals surface area contributed by atoms with E-state index in [1.54, 1.807) is 31.4 Å². The van der Waals surface area contributed by atoms with E-state index in [4.69, 9.17) is 9.47 Å². The fraction of sp³-hybridized carbons (Fsp3) is 0.611. The van der Waals surface area contributed by atoms with Gasteiger partial charge in [-0.3, -0.25) is 4.99 Å². The molecule has 0 amide bonds. The monoisotopic (exact) mass is 400 g/mol. The number of hydrogen-bond acceptors (Lipinski definition) is 5. The van der Waals surface area contributed by atoms with Gasteiger partial charge in [0.25, 0.3) is 0 Å². The average molecular weight is 401 g/mol. The van der Waals surface area contributed by atoms with E-state index >= 15 is 0 Å². The van der Waals surface area contributed by atoms with E-state index in [1.165, 1.54) is 0 Å². The van der Waals surface area contributed by atoms with Crippen LogP contribution in [0.4, 0.5) is 0 Å². The standard InChI is InChI=1S/C18H32N4O4S/c1-4-19-18(20-10-5-13-26-15-14-25-3)21-11-12-22-27(23,24)17-8-6-16(2)7-9-17/h6-9,22H,4-5,10-15H2,1-3H3,(H2,19,20,21).